The van der Waals surface area contributed by atoms with Crippen molar-refractivity contribution in [3.05, 3.63) is 0 Å². The maximum atomic E-state index is 12.3. The highest BCUT2D eigenvalue weighted by Gasteiger charge is 2.20. The van der Waals surface area contributed by atoms with Gasteiger partial charge in [0, 0.05) is 18.2 Å². The van der Waals surface area contributed by atoms with Crippen LogP contribution in [-0.2, 0) is 9.53 Å². The first-order chi connectivity index (χ1) is 18.7. The lowest BCUT2D eigenvalue weighted by molar-refractivity contribution is -0.149. The summed E-state index contributed by atoms with van der Waals surface area (Å²) in [6, 6.07) is 0.805. The average molecular weight is 555 g/mol. The smallest absolute Gasteiger partial charge is 0.306 e. The van der Waals surface area contributed by atoms with Gasteiger partial charge in [0.15, 0.2) is 0 Å². The van der Waals surface area contributed by atoms with Crippen LogP contribution in [0.15, 0.2) is 0 Å². The molecule has 1 N–H and O–H groups in total. The Balaban J connectivity index is 2.07. The molecule has 38 heavy (non-hydrogen) atoms. The van der Waals surface area contributed by atoms with Crippen LogP contribution >= 0.6 is 11.9 Å². The number of nitrogens with zero attached hydrogens (tertiary/aromatic N) is 1. The number of unbranched alkanes of at least 4 members (excludes halogenated alkanes) is 14. The Hall–Kier alpha value is -0.260. The zero-order valence-electron chi connectivity index (χ0n) is 25.9. The van der Waals surface area contributed by atoms with Gasteiger partial charge < -0.3 is 9.64 Å². The highest BCUT2D eigenvalue weighted by molar-refractivity contribution is 7.97. The van der Waals surface area contributed by atoms with E-state index in [1.54, 1.807) is 0 Å². The molecule has 0 aromatic rings. The van der Waals surface area contributed by atoms with Gasteiger partial charge in [0.25, 0.3) is 0 Å². The first-order valence-electron chi connectivity index (χ1n) is 17.0. The van der Waals surface area contributed by atoms with Gasteiger partial charge in [0.2, 0.25) is 0 Å². The topological polar surface area (TPSA) is 41.6 Å². The molecule has 0 saturated heterocycles. The number of ether oxygens (including phenoxy) is 1. The van der Waals surface area contributed by atoms with E-state index in [-0.39, 0.29) is 12.1 Å². The summed E-state index contributed by atoms with van der Waals surface area (Å²) in [7, 11) is 0. The number of nitrogens with one attached hydrogen (secondary N) is 1. The molecule has 0 aliphatic heterocycles. The molecule has 0 spiro atoms. The number of esters is 1. The molecule has 0 aromatic carbocycles. The van der Waals surface area contributed by atoms with E-state index in [9.17, 15) is 4.79 Å². The molecule has 5 heteroatoms. The van der Waals surface area contributed by atoms with Crippen molar-refractivity contribution in [2.24, 2.45) is 0 Å². The maximum Gasteiger partial charge on any atom is 0.306 e. The highest BCUT2D eigenvalue weighted by atomic mass is 32.2. The van der Waals surface area contributed by atoms with Gasteiger partial charge in [-0.3, -0.25) is 9.52 Å². The van der Waals surface area contributed by atoms with E-state index in [2.05, 4.69) is 30.4 Å². The minimum absolute atomic E-state index is 0.0296. The van der Waals surface area contributed by atoms with Crippen LogP contribution in [0.4, 0.5) is 0 Å². The Morgan fingerprint density at radius 3 is 1.84 bits per heavy atom. The van der Waals surface area contributed by atoms with Gasteiger partial charge in [-0.2, -0.15) is 0 Å². The van der Waals surface area contributed by atoms with E-state index in [4.69, 9.17) is 4.74 Å². The Morgan fingerprint density at radius 1 is 0.737 bits per heavy atom. The van der Waals surface area contributed by atoms with Crippen LogP contribution in [0, 0.1) is 0 Å². The molecule has 1 atom stereocenters. The predicted molar refractivity (Wildman–Crippen MR) is 169 cm³/mol. The normalized spacial score (nSPS) is 14.3. The molecule has 1 rings (SSSR count). The fourth-order valence-electron chi connectivity index (χ4n) is 5.07. The summed E-state index contributed by atoms with van der Waals surface area (Å²) >= 11 is 1.94. The molecule has 1 unspecified atom stereocenters. The molecule has 0 amide bonds. The average Bonchev–Trinajstić information content (AvgIpc) is 3.75. The van der Waals surface area contributed by atoms with E-state index in [1.807, 2.05) is 11.9 Å². The number of hydrogen-bond donors (Lipinski definition) is 1. The molecule has 0 radical (unpaired) electrons. The first kappa shape index (κ1) is 35.8. The molecule has 0 aromatic heterocycles. The van der Waals surface area contributed by atoms with E-state index in [0.29, 0.717) is 6.42 Å². The summed E-state index contributed by atoms with van der Waals surface area (Å²) in [4.78, 5) is 15.0. The monoisotopic (exact) mass is 554 g/mol. The van der Waals surface area contributed by atoms with E-state index >= 15 is 0 Å². The lowest BCUT2D eigenvalue weighted by Gasteiger charge is -2.22. The molecule has 0 bridgehead atoms. The minimum atomic E-state index is 0.0296. The van der Waals surface area contributed by atoms with Crippen LogP contribution < -0.4 is 4.72 Å². The Bertz CT molecular complexity index is 515. The van der Waals surface area contributed by atoms with Crippen molar-refractivity contribution in [3.63, 3.8) is 0 Å². The van der Waals surface area contributed by atoms with E-state index < -0.39 is 0 Å². The van der Waals surface area contributed by atoms with Crippen LogP contribution in [-0.4, -0.2) is 48.4 Å². The molecular weight excluding hydrogens is 488 g/mol. The SMILES string of the molecule is CCCCCCCCC(CC)OC(=O)CCCCCCCN(CCCCCCCC)CCCSNC1CC1. The lowest BCUT2D eigenvalue weighted by atomic mass is 10.1. The second-order valence-corrected chi connectivity index (χ2v) is 12.7. The summed E-state index contributed by atoms with van der Waals surface area (Å²) in [6.45, 7) is 10.5. The largest absolute Gasteiger partial charge is 0.462 e. The van der Waals surface area contributed by atoms with Gasteiger partial charge in [0.05, 0.1) is 0 Å². The van der Waals surface area contributed by atoms with E-state index in [1.165, 1.54) is 141 Å². The molecule has 0 heterocycles. The van der Waals surface area contributed by atoms with Crippen molar-refractivity contribution >= 4 is 17.9 Å². The van der Waals surface area contributed by atoms with Crippen LogP contribution in [0.2, 0.25) is 0 Å². The second-order valence-electron chi connectivity index (χ2n) is 11.8. The lowest BCUT2D eigenvalue weighted by Crippen LogP contribution is -2.28. The van der Waals surface area contributed by atoms with E-state index in [0.717, 1.165) is 31.7 Å². The third kappa shape index (κ3) is 23.6. The zero-order chi connectivity index (χ0) is 27.5. The summed E-state index contributed by atoms with van der Waals surface area (Å²) in [5.74, 6) is 1.26. The maximum absolute atomic E-state index is 12.3. The number of hydrogen-bond acceptors (Lipinski definition) is 5. The molecule has 4 nitrogen and oxygen atoms in total. The minimum Gasteiger partial charge on any atom is -0.462 e. The fourth-order valence-corrected chi connectivity index (χ4v) is 5.93. The van der Waals surface area contributed by atoms with Gasteiger partial charge >= 0.3 is 5.97 Å². The van der Waals surface area contributed by atoms with Crippen LogP contribution in [0.1, 0.15) is 168 Å². The van der Waals surface area contributed by atoms with Crippen molar-refractivity contribution in [1.82, 2.24) is 9.62 Å². The molecule has 1 saturated carbocycles. The standard InChI is InChI=1S/C33H66N2O2S/c1-4-7-9-11-14-18-23-32(6-3)37-33(36)24-19-15-13-17-21-28-35(27-20-16-12-10-8-5-2)29-22-30-38-34-31-25-26-31/h31-32,34H,4-30H2,1-3H3. The predicted octanol–water partition coefficient (Wildman–Crippen LogP) is 9.85. The Labute approximate surface area is 242 Å². The van der Waals surface area contributed by atoms with Crippen molar-refractivity contribution in [2.75, 3.05) is 25.4 Å². The van der Waals surface area contributed by atoms with Crippen LogP contribution in [0.5, 0.6) is 0 Å². The summed E-state index contributed by atoms with van der Waals surface area (Å²) in [5, 5.41) is 0. The quantitative estimate of drug-likeness (QED) is 0.0543. The van der Waals surface area contributed by atoms with Crippen molar-refractivity contribution in [2.45, 2.75) is 181 Å². The van der Waals surface area contributed by atoms with Crippen LogP contribution in [0.3, 0.4) is 0 Å². The first-order valence-corrected chi connectivity index (χ1v) is 18.0. The van der Waals surface area contributed by atoms with Gasteiger partial charge in [-0.1, -0.05) is 116 Å². The third-order valence-corrected chi connectivity index (χ3v) is 8.86. The van der Waals surface area contributed by atoms with Gasteiger partial charge in [-0.15, -0.1) is 0 Å². The summed E-state index contributed by atoms with van der Waals surface area (Å²) in [5.41, 5.74) is 0. The number of carbonyl (C=O) groups is 1. The third-order valence-electron chi connectivity index (χ3n) is 7.86. The van der Waals surface area contributed by atoms with Crippen molar-refractivity contribution < 1.29 is 9.53 Å². The van der Waals surface area contributed by atoms with Gasteiger partial charge in [0.1, 0.15) is 6.10 Å². The van der Waals surface area contributed by atoms with Gasteiger partial charge in [-0.25, -0.2) is 0 Å². The highest BCUT2D eigenvalue weighted by Crippen LogP contribution is 2.21. The molecular formula is C33H66N2O2S. The number of carbonyl (C=O) groups excluding carboxylic acids is 1. The molecule has 1 aliphatic carbocycles. The number of rotatable bonds is 30. The van der Waals surface area contributed by atoms with Crippen molar-refractivity contribution in [3.8, 4) is 0 Å². The van der Waals surface area contributed by atoms with Gasteiger partial charge in [-0.05, 0) is 77.4 Å². The Kier molecular flexibility index (Phi) is 25.4. The molecule has 1 fully saturated rings. The van der Waals surface area contributed by atoms with Crippen LogP contribution in [0.25, 0.3) is 0 Å². The van der Waals surface area contributed by atoms with Crippen molar-refractivity contribution in [1.29, 1.82) is 0 Å². The summed E-state index contributed by atoms with van der Waals surface area (Å²) < 4.78 is 9.35. The fraction of sp³-hybridized carbons (Fsp3) is 0.970. The Morgan fingerprint density at radius 2 is 1.26 bits per heavy atom. The zero-order valence-corrected chi connectivity index (χ0v) is 26.7. The molecule has 1 aliphatic rings. The summed E-state index contributed by atoms with van der Waals surface area (Å²) in [6.07, 6.45) is 28.8. The second kappa shape index (κ2) is 26.9. The molecule has 226 valence electrons.